The number of unbranched alkanes of at least 4 members (excludes halogenated alkanes) is 1. The van der Waals surface area contributed by atoms with Crippen LogP contribution in [-0.2, 0) is 10.4 Å². The second-order valence-electron chi connectivity index (χ2n) is 8.15. The number of carbonyl (C=O) groups excluding carboxylic acids is 1. The van der Waals surface area contributed by atoms with E-state index in [2.05, 4.69) is 18.3 Å². The molecule has 1 aliphatic rings. The standard InChI is InChI=1S/C24H31ClN2O2/c1-17-7-4-11-21(23(17)18-8-5-10-20(25)15-18)24(29,13-3-2-12-22(26)28)19-9-6-14-27-16-19/h4-5,7-8,10-11,15,19,27,29H,2-3,6,9,12-14,16H2,1H3,(H2,26,28)/t19-,24+/m1/s1. The molecule has 0 aromatic heterocycles. The molecule has 3 rings (SSSR count). The van der Waals surface area contributed by atoms with Gasteiger partial charge in [-0.3, -0.25) is 4.79 Å². The van der Waals surface area contributed by atoms with Crippen LogP contribution in [0, 0.1) is 12.8 Å². The van der Waals surface area contributed by atoms with Gasteiger partial charge in [0, 0.05) is 23.9 Å². The maximum Gasteiger partial charge on any atom is 0.217 e. The van der Waals surface area contributed by atoms with Gasteiger partial charge < -0.3 is 16.2 Å². The van der Waals surface area contributed by atoms with Crippen LogP contribution in [0.15, 0.2) is 42.5 Å². The zero-order valence-electron chi connectivity index (χ0n) is 17.1. The van der Waals surface area contributed by atoms with E-state index < -0.39 is 5.60 Å². The van der Waals surface area contributed by atoms with Crippen molar-refractivity contribution in [3.05, 3.63) is 58.6 Å². The zero-order chi connectivity index (χ0) is 20.9. The first-order valence-corrected chi connectivity index (χ1v) is 10.9. The van der Waals surface area contributed by atoms with Crippen molar-refractivity contribution in [2.75, 3.05) is 13.1 Å². The minimum absolute atomic E-state index is 0.115. The highest BCUT2D eigenvalue weighted by Crippen LogP contribution is 2.44. The largest absolute Gasteiger partial charge is 0.385 e. The number of benzene rings is 2. The molecule has 2 aromatic carbocycles. The third kappa shape index (κ3) is 5.19. The Kier molecular flexibility index (Phi) is 7.33. The summed E-state index contributed by atoms with van der Waals surface area (Å²) in [5.41, 5.74) is 8.47. The normalized spacial score (nSPS) is 18.9. The van der Waals surface area contributed by atoms with E-state index in [0.717, 1.165) is 54.6 Å². The van der Waals surface area contributed by atoms with Crippen molar-refractivity contribution in [1.82, 2.24) is 5.32 Å². The van der Waals surface area contributed by atoms with Gasteiger partial charge in [-0.25, -0.2) is 0 Å². The molecular formula is C24H31ClN2O2. The van der Waals surface area contributed by atoms with Crippen molar-refractivity contribution in [3.8, 4) is 11.1 Å². The first kappa shape index (κ1) is 21.8. The van der Waals surface area contributed by atoms with Crippen LogP contribution in [0.4, 0.5) is 0 Å². The van der Waals surface area contributed by atoms with Gasteiger partial charge in [0.05, 0.1) is 5.60 Å². The van der Waals surface area contributed by atoms with Gasteiger partial charge in [0.1, 0.15) is 0 Å². The molecule has 2 aromatic rings. The molecule has 0 spiro atoms. The van der Waals surface area contributed by atoms with E-state index in [-0.39, 0.29) is 11.8 Å². The lowest BCUT2D eigenvalue weighted by Gasteiger charge is -2.41. The molecule has 0 aliphatic carbocycles. The fraction of sp³-hybridized carbons (Fsp3) is 0.458. The summed E-state index contributed by atoms with van der Waals surface area (Å²) < 4.78 is 0. The van der Waals surface area contributed by atoms with Gasteiger partial charge in [-0.05, 0) is 80.0 Å². The second-order valence-corrected chi connectivity index (χ2v) is 8.59. The lowest BCUT2D eigenvalue weighted by Crippen LogP contribution is -2.44. The number of nitrogens with two attached hydrogens (primary N) is 1. The number of nitrogens with one attached hydrogen (secondary N) is 1. The van der Waals surface area contributed by atoms with E-state index in [9.17, 15) is 9.90 Å². The van der Waals surface area contributed by atoms with E-state index in [0.29, 0.717) is 24.3 Å². The van der Waals surface area contributed by atoms with Crippen molar-refractivity contribution in [2.45, 2.75) is 51.0 Å². The van der Waals surface area contributed by atoms with Crippen molar-refractivity contribution >= 4 is 17.5 Å². The fourth-order valence-corrected chi connectivity index (χ4v) is 4.76. The summed E-state index contributed by atoms with van der Waals surface area (Å²) in [4.78, 5) is 11.1. The van der Waals surface area contributed by atoms with E-state index in [1.807, 2.05) is 36.4 Å². The molecule has 29 heavy (non-hydrogen) atoms. The Morgan fingerprint density at radius 2 is 2.07 bits per heavy atom. The summed E-state index contributed by atoms with van der Waals surface area (Å²) in [6.45, 7) is 3.85. The van der Waals surface area contributed by atoms with Crippen LogP contribution in [-0.4, -0.2) is 24.1 Å². The van der Waals surface area contributed by atoms with E-state index in [1.165, 1.54) is 0 Å². The second kappa shape index (κ2) is 9.75. The van der Waals surface area contributed by atoms with E-state index >= 15 is 0 Å². The van der Waals surface area contributed by atoms with Gasteiger partial charge in [0.2, 0.25) is 5.91 Å². The predicted molar refractivity (Wildman–Crippen MR) is 119 cm³/mol. The Balaban J connectivity index is 2.03. The summed E-state index contributed by atoms with van der Waals surface area (Å²) in [6, 6.07) is 14.0. The highest BCUT2D eigenvalue weighted by atomic mass is 35.5. The van der Waals surface area contributed by atoms with E-state index in [4.69, 9.17) is 17.3 Å². The molecule has 0 unspecified atom stereocenters. The number of aryl methyl sites for hydroxylation is 1. The number of hydrogen-bond acceptors (Lipinski definition) is 3. The number of rotatable bonds is 8. The first-order chi connectivity index (χ1) is 13.9. The highest BCUT2D eigenvalue weighted by molar-refractivity contribution is 6.30. The molecule has 0 bridgehead atoms. The van der Waals surface area contributed by atoms with Crippen LogP contribution < -0.4 is 11.1 Å². The quantitative estimate of drug-likeness (QED) is 0.554. The van der Waals surface area contributed by atoms with Gasteiger partial charge in [-0.2, -0.15) is 0 Å². The molecule has 4 nitrogen and oxygen atoms in total. The van der Waals surface area contributed by atoms with Gasteiger partial charge in [0.15, 0.2) is 0 Å². The lowest BCUT2D eigenvalue weighted by atomic mass is 9.71. The summed E-state index contributed by atoms with van der Waals surface area (Å²) in [5, 5.41) is 16.2. The third-order valence-electron chi connectivity index (χ3n) is 6.06. The zero-order valence-corrected chi connectivity index (χ0v) is 17.8. The van der Waals surface area contributed by atoms with Crippen molar-refractivity contribution in [3.63, 3.8) is 0 Å². The molecule has 4 N–H and O–H groups in total. The number of piperidine rings is 1. The molecule has 1 saturated heterocycles. The molecule has 1 aliphatic heterocycles. The summed E-state index contributed by atoms with van der Waals surface area (Å²) in [6.07, 6.45) is 4.42. The topological polar surface area (TPSA) is 75.3 Å². The Labute approximate surface area is 178 Å². The molecule has 2 atom stereocenters. The molecule has 156 valence electrons. The van der Waals surface area contributed by atoms with Crippen LogP contribution >= 0.6 is 11.6 Å². The maximum absolute atomic E-state index is 12.1. The third-order valence-corrected chi connectivity index (χ3v) is 6.29. The summed E-state index contributed by atoms with van der Waals surface area (Å²) in [7, 11) is 0. The molecule has 0 saturated carbocycles. The number of amides is 1. The lowest BCUT2D eigenvalue weighted by molar-refractivity contribution is -0.118. The molecular weight excluding hydrogens is 384 g/mol. The number of aliphatic hydroxyl groups is 1. The van der Waals surface area contributed by atoms with Gasteiger partial charge in [0.25, 0.3) is 0 Å². The fourth-order valence-electron chi connectivity index (χ4n) is 4.57. The predicted octanol–water partition coefficient (Wildman–Crippen LogP) is 4.55. The van der Waals surface area contributed by atoms with Crippen molar-refractivity contribution < 1.29 is 9.90 Å². The van der Waals surface area contributed by atoms with E-state index in [1.54, 1.807) is 0 Å². The minimum Gasteiger partial charge on any atom is -0.385 e. The first-order valence-electron chi connectivity index (χ1n) is 10.5. The van der Waals surface area contributed by atoms with Crippen LogP contribution in [0.1, 0.15) is 49.7 Å². The number of hydrogen-bond donors (Lipinski definition) is 3. The van der Waals surface area contributed by atoms with Gasteiger partial charge in [-0.15, -0.1) is 0 Å². The van der Waals surface area contributed by atoms with Crippen LogP contribution in [0.3, 0.4) is 0 Å². The molecule has 1 fully saturated rings. The average Bonchev–Trinajstić information content (AvgIpc) is 2.71. The smallest absolute Gasteiger partial charge is 0.217 e. The summed E-state index contributed by atoms with van der Waals surface area (Å²) >= 11 is 6.28. The van der Waals surface area contributed by atoms with Crippen molar-refractivity contribution in [1.29, 1.82) is 0 Å². The average molecular weight is 415 g/mol. The number of primary amides is 1. The molecule has 5 heteroatoms. The van der Waals surface area contributed by atoms with Gasteiger partial charge in [-0.1, -0.05) is 41.9 Å². The van der Waals surface area contributed by atoms with Crippen LogP contribution in [0.25, 0.3) is 11.1 Å². The Morgan fingerprint density at radius 3 is 2.76 bits per heavy atom. The summed E-state index contributed by atoms with van der Waals surface area (Å²) in [5.74, 6) is -0.174. The number of halogens is 1. The molecule has 1 heterocycles. The maximum atomic E-state index is 12.1. The molecule has 1 amide bonds. The van der Waals surface area contributed by atoms with Crippen LogP contribution in [0.2, 0.25) is 5.02 Å². The SMILES string of the molecule is Cc1cccc([C@](O)(CCCCC(N)=O)[C@@H]2CCCNC2)c1-c1cccc(Cl)c1. The monoisotopic (exact) mass is 414 g/mol. The Morgan fingerprint density at radius 1 is 1.28 bits per heavy atom. The Bertz CT molecular complexity index is 849. The molecule has 0 radical (unpaired) electrons. The number of carbonyl (C=O) groups is 1. The van der Waals surface area contributed by atoms with Crippen LogP contribution in [0.5, 0.6) is 0 Å². The van der Waals surface area contributed by atoms with Crippen molar-refractivity contribution in [2.24, 2.45) is 11.7 Å². The minimum atomic E-state index is -0.977. The Hall–Kier alpha value is -1.88. The van der Waals surface area contributed by atoms with Gasteiger partial charge >= 0.3 is 0 Å². The highest BCUT2D eigenvalue weighted by Gasteiger charge is 2.40.